The second-order valence-corrected chi connectivity index (χ2v) is 8.01. The van der Waals surface area contributed by atoms with Crippen molar-refractivity contribution in [1.82, 2.24) is 5.32 Å². The molecule has 0 spiro atoms. The van der Waals surface area contributed by atoms with E-state index >= 15 is 0 Å². The molecule has 28 heavy (non-hydrogen) atoms. The largest absolute Gasteiger partial charge is 0.497 e. The topological polar surface area (TPSA) is 47.6 Å². The van der Waals surface area contributed by atoms with Crippen LogP contribution in [-0.4, -0.2) is 19.6 Å². The molecule has 0 aliphatic carbocycles. The summed E-state index contributed by atoms with van der Waals surface area (Å²) >= 11 is 0. The Morgan fingerprint density at radius 1 is 1.04 bits per heavy atom. The Kier molecular flexibility index (Phi) is 7.91. The van der Waals surface area contributed by atoms with Crippen molar-refractivity contribution in [2.75, 3.05) is 13.7 Å². The first-order chi connectivity index (χ1) is 13.3. The minimum atomic E-state index is -0.113. The molecule has 2 aromatic rings. The molecule has 0 bridgehead atoms. The summed E-state index contributed by atoms with van der Waals surface area (Å²) in [6, 6.07) is 14.0. The maximum atomic E-state index is 12.6. The number of benzene rings is 2. The second-order valence-electron chi connectivity index (χ2n) is 8.01. The van der Waals surface area contributed by atoms with Crippen LogP contribution in [0.25, 0.3) is 0 Å². The van der Waals surface area contributed by atoms with E-state index in [2.05, 4.69) is 45.1 Å². The molecule has 0 radical (unpaired) electrons. The van der Waals surface area contributed by atoms with E-state index in [0.29, 0.717) is 11.8 Å². The number of hydrogen-bond donors (Lipinski definition) is 1. The number of methoxy groups -OCH3 is 1. The van der Waals surface area contributed by atoms with Crippen LogP contribution in [0.1, 0.15) is 62.8 Å². The molecular weight excluding hydrogens is 350 g/mol. The Morgan fingerprint density at radius 2 is 1.71 bits per heavy atom. The van der Waals surface area contributed by atoms with Crippen molar-refractivity contribution in [3.63, 3.8) is 0 Å². The predicted octanol–water partition coefficient (Wildman–Crippen LogP) is 5.41. The number of hydrogen-bond acceptors (Lipinski definition) is 3. The zero-order valence-corrected chi connectivity index (χ0v) is 17.9. The van der Waals surface area contributed by atoms with E-state index in [9.17, 15) is 4.79 Å². The Labute approximate surface area is 169 Å². The zero-order valence-electron chi connectivity index (χ0n) is 17.9. The standard InChI is InChI=1S/C24H33NO3/c1-16(2)13-22(19-8-10-20(27-6)11-9-19)25-24(26)15-28-23-14-18(5)7-12-21(23)17(3)4/h7-12,14,16-17,22H,13,15H2,1-6H3,(H,25,26). The van der Waals surface area contributed by atoms with Crippen molar-refractivity contribution in [3.8, 4) is 11.5 Å². The van der Waals surface area contributed by atoms with Gasteiger partial charge in [-0.1, -0.05) is 52.0 Å². The lowest BCUT2D eigenvalue weighted by Crippen LogP contribution is -2.33. The Balaban J connectivity index is 2.06. The van der Waals surface area contributed by atoms with E-state index < -0.39 is 0 Å². The molecule has 152 valence electrons. The number of aryl methyl sites for hydroxylation is 1. The summed E-state index contributed by atoms with van der Waals surface area (Å²) in [5.41, 5.74) is 3.31. The molecule has 0 saturated carbocycles. The molecule has 1 N–H and O–H groups in total. The van der Waals surface area contributed by atoms with Crippen LogP contribution in [-0.2, 0) is 4.79 Å². The zero-order chi connectivity index (χ0) is 20.7. The van der Waals surface area contributed by atoms with Crippen molar-refractivity contribution in [1.29, 1.82) is 0 Å². The molecular formula is C24H33NO3. The lowest BCUT2D eigenvalue weighted by Gasteiger charge is -2.22. The quantitative estimate of drug-likeness (QED) is 0.630. The number of rotatable bonds is 9. The molecule has 1 atom stereocenters. The molecule has 0 aliphatic heterocycles. The maximum Gasteiger partial charge on any atom is 0.258 e. The number of amides is 1. The van der Waals surface area contributed by atoms with Crippen LogP contribution in [0.3, 0.4) is 0 Å². The van der Waals surface area contributed by atoms with Crippen molar-refractivity contribution < 1.29 is 14.3 Å². The van der Waals surface area contributed by atoms with Gasteiger partial charge in [0.15, 0.2) is 6.61 Å². The summed E-state index contributed by atoms with van der Waals surface area (Å²) in [4.78, 5) is 12.6. The lowest BCUT2D eigenvalue weighted by atomic mass is 9.97. The van der Waals surface area contributed by atoms with E-state index in [1.54, 1.807) is 7.11 Å². The van der Waals surface area contributed by atoms with Gasteiger partial charge in [0, 0.05) is 0 Å². The molecule has 0 aromatic heterocycles. The van der Waals surface area contributed by atoms with E-state index in [4.69, 9.17) is 9.47 Å². The van der Waals surface area contributed by atoms with E-state index in [1.807, 2.05) is 37.3 Å². The first-order valence-electron chi connectivity index (χ1n) is 9.96. The fourth-order valence-corrected chi connectivity index (χ4v) is 3.21. The van der Waals surface area contributed by atoms with Crippen molar-refractivity contribution in [3.05, 3.63) is 59.2 Å². The molecule has 1 amide bonds. The average Bonchev–Trinajstić information content (AvgIpc) is 2.65. The van der Waals surface area contributed by atoms with Gasteiger partial charge >= 0.3 is 0 Å². The number of nitrogens with one attached hydrogen (secondary N) is 1. The molecule has 2 aromatic carbocycles. The van der Waals surface area contributed by atoms with Crippen LogP contribution < -0.4 is 14.8 Å². The molecule has 0 heterocycles. The van der Waals surface area contributed by atoms with Gasteiger partial charge in [-0.2, -0.15) is 0 Å². The third-order valence-corrected chi connectivity index (χ3v) is 4.71. The van der Waals surface area contributed by atoms with E-state index in [-0.39, 0.29) is 18.6 Å². The summed E-state index contributed by atoms with van der Waals surface area (Å²) in [5, 5.41) is 3.13. The molecule has 0 aliphatic rings. The fourth-order valence-electron chi connectivity index (χ4n) is 3.21. The van der Waals surface area contributed by atoms with Crippen LogP contribution in [0.4, 0.5) is 0 Å². The Morgan fingerprint density at radius 3 is 2.29 bits per heavy atom. The Bertz CT molecular complexity index is 766. The summed E-state index contributed by atoms with van der Waals surface area (Å²) in [6.45, 7) is 10.6. The van der Waals surface area contributed by atoms with Crippen LogP contribution in [0.5, 0.6) is 11.5 Å². The van der Waals surface area contributed by atoms with Gasteiger partial charge in [-0.3, -0.25) is 4.79 Å². The minimum absolute atomic E-state index is 0.00786. The van der Waals surface area contributed by atoms with E-state index in [1.165, 1.54) is 0 Å². The summed E-state index contributed by atoms with van der Waals surface area (Å²) < 4.78 is 11.1. The van der Waals surface area contributed by atoms with Gasteiger partial charge in [0.05, 0.1) is 13.2 Å². The van der Waals surface area contributed by atoms with Gasteiger partial charge in [-0.15, -0.1) is 0 Å². The van der Waals surface area contributed by atoms with Gasteiger partial charge in [0.25, 0.3) is 5.91 Å². The molecule has 1 unspecified atom stereocenters. The predicted molar refractivity (Wildman–Crippen MR) is 114 cm³/mol. The third kappa shape index (κ3) is 6.29. The molecule has 2 rings (SSSR count). The molecule has 4 nitrogen and oxygen atoms in total. The van der Waals surface area contributed by atoms with Crippen LogP contribution >= 0.6 is 0 Å². The molecule has 4 heteroatoms. The minimum Gasteiger partial charge on any atom is -0.497 e. The van der Waals surface area contributed by atoms with E-state index in [0.717, 1.165) is 34.6 Å². The second kappa shape index (κ2) is 10.2. The SMILES string of the molecule is COc1ccc(C(CC(C)C)NC(=O)COc2cc(C)ccc2C(C)C)cc1. The third-order valence-electron chi connectivity index (χ3n) is 4.71. The highest BCUT2D eigenvalue weighted by Gasteiger charge is 2.17. The number of carbonyl (C=O) groups is 1. The highest BCUT2D eigenvalue weighted by atomic mass is 16.5. The van der Waals surface area contributed by atoms with Gasteiger partial charge in [-0.25, -0.2) is 0 Å². The fraction of sp³-hybridized carbons (Fsp3) is 0.458. The highest BCUT2D eigenvalue weighted by molar-refractivity contribution is 5.78. The van der Waals surface area contributed by atoms with Gasteiger partial charge < -0.3 is 14.8 Å². The lowest BCUT2D eigenvalue weighted by molar-refractivity contribution is -0.124. The molecule has 0 fully saturated rings. The van der Waals surface area contributed by atoms with Crippen LogP contribution in [0.2, 0.25) is 0 Å². The average molecular weight is 384 g/mol. The number of ether oxygens (including phenoxy) is 2. The van der Waals surface area contributed by atoms with Crippen molar-refractivity contribution in [2.24, 2.45) is 5.92 Å². The van der Waals surface area contributed by atoms with Gasteiger partial charge in [0.2, 0.25) is 0 Å². The first-order valence-corrected chi connectivity index (χ1v) is 9.96. The van der Waals surface area contributed by atoms with Gasteiger partial charge in [-0.05, 0) is 60.1 Å². The monoisotopic (exact) mass is 383 g/mol. The normalized spacial score (nSPS) is 12.1. The number of carbonyl (C=O) groups excluding carboxylic acids is 1. The summed E-state index contributed by atoms with van der Waals surface area (Å²) in [5.74, 6) is 2.28. The Hall–Kier alpha value is -2.49. The van der Waals surface area contributed by atoms with Crippen LogP contribution in [0.15, 0.2) is 42.5 Å². The molecule has 0 saturated heterocycles. The summed E-state index contributed by atoms with van der Waals surface area (Å²) in [7, 11) is 1.65. The van der Waals surface area contributed by atoms with Crippen LogP contribution in [0, 0.1) is 12.8 Å². The summed E-state index contributed by atoms with van der Waals surface area (Å²) in [6.07, 6.45) is 0.861. The first kappa shape index (κ1) is 21.8. The maximum absolute atomic E-state index is 12.6. The van der Waals surface area contributed by atoms with Crippen molar-refractivity contribution in [2.45, 2.75) is 53.0 Å². The smallest absolute Gasteiger partial charge is 0.258 e. The van der Waals surface area contributed by atoms with Crippen molar-refractivity contribution >= 4 is 5.91 Å². The van der Waals surface area contributed by atoms with Gasteiger partial charge in [0.1, 0.15) is 11.5 Å². The highest BCUT2D eigenvalue weighted by Crippen LogP contribution is 2.28.